The molecule has 0 saturated carbocycles. The Morgan fingerprint density at radius 2 is 2.00 bits per heavy atom. The van der Waals surface area contributed by atoms with Gasteiger partial charge in [0.1, 0.15) is 0 Å². The van der Waals surface area contributed by atoms with Crippen LogP contribution in [-0.4, -0.2) is 18.3 Å². The van der Waals surface area contributed by atoms with E-state index in [2.05, 4.69) is 67.6 Å². The number of fused-ring (bicyclic) bond motifs is 1. The van der Waals surface area contributed by atoms with E-state index in [1.807, 2.05) is 30.5 Å². The molecule has 1 aliphatic rings. The van der Waals surface area contributed by atoms with Crippen LogP contribution >= 0.6 is 15.9 Å². The van der Waals surface area contributed by atoms with Crippen molar-refractivity contribution in [3.05, 3.63) is 57.6 Å². The smallest absolute Gasteiger partial charge is 0.0771 e. The van der Waals surface area contributed by atoms with Crippen LogP contribution in [0.1, 0.15) is 56.7 Å². The van der Waals surface area contributed by atoms with Crippen LogP contribution in [-0.2, 0) is 0 Å². The molecule has 0 spiro atoms. The summed E-state index contributed by atoms with van der Waals surface area (Å²) >= 11 is 3.57. The van der Waals surface area contributed by atoms with Crippen molar-refractivity contribution in [1.82, 2.24) is 0 Å². The molecule has 0 amide bonds. The molecule has 1 unspecified atom stereocenters. The first kappa shape index (κ1) is 18.2. The Bertz CT molecular complexity index is 808. The monoisotopic (exact) mass is 398 g/mol. The molecule has 25 heavy (non-hydrogen) atoms. The molecular formula is C22H27BrN2. The minimum absolute atomic E-state index is 0.206. The summed E-state index contributed by atoms with van der Waals surface area (Å²) in [5.74, 6) is 0.559. The fourth-order valence-corrected chi connectivity index (χ4v) is 4.47. The van der Waals surface area contributed by atoms with E-state index in [9.17, 15) is 0 Å². The van der Waals surface area contributed by atoms with Gasteiger partial charge in [0, 0.05) is 28.5 Å². The lowest BCUT2D eigenvalue weighted by molar-refractivity contribution is 0.381. The number of nitrogens with zero attached hydrogens (tertiary/aromatic N) is 2. The van der Waals surface area contributed by atoms with Gasteiger partial charge in [-0.1, -0.05) is 19.1 Å². The molecule has 0 fully saturated rings. The van der Waals surface area contributed by atoms with Crippen LogP contribution in [0.2, 0.25) is 0 Å². The minimum atomic E-state index is 0.206. The summed E-state index contributed by atoms with van der Waals surface area (Å²) in [5, 5.41) is 0. The maximum Gasteiger partial charge on any atom is 0.0771 e. The van der Waals surface area contributed by atoms with E-state index in [0.717, 1.165) is 16.7 Å². The number of rotatable bonds is 3. The standard InChI is InChI=1S/C22H27BrN2/c1-6-25-21-11-15(2)17(12-18(21)16(3)13-22(25,4)5)14-24-20-10-8-7-9-19(20)23/h7-12,14,16H,6,13H2,1-5H3. The molecule has 0 aliphatic carbocycles. The molecule has 2 aromatic rings. The predicted octanol–water partition coefficient (Wildman–Crippen LogP) is 6.62. The number of halogens is 1. The maximum atomic E-state index is 4.69. The minimum Gasteiger partial charge on any atom is -0.366 e. The topological polar surface area (TPSA) is 15.6 Å². The van der Waals surface area contributed by atoms with E-state index in [4.69, 9.17) is 4.99 Å². The Hall–Kier alpha value is -1.61. The molecule has 2 nitrogen and oxygen atoms in total. The van der Waals surface area contributed by atoms with E-state index in [1.165, 1.54) is 28.8 Å². The van der Waals surface area contributed by atoms with Gasteiger partial charge in [-0.25, -0.2) is 0 Å². The average molecular weight is 399 g/mol. The molecule has 1 heterocycles. The summed E-state index contributed by atoms with van der Waals surface area (Å²) < 4.78 is 1.02. The molecule has 0 N–H and O–H groups in total. The van der Waals surface area contributed by atoms with Crippen LogP contribution in [0.15, 0.2) is 45.9 Å². The van der Waals surface area contributed by atoms with E-state index in [0.29, 0.717) is 5.92 Å². The highest BCUT2D eigenvalue weighted by Crippen LogP contribution is 2.44. The Labute approximate surface area is 160 Å². The van der Waals surface area contributed by atoms with Crippen LogP contribution in [0.3, 0.4) is 0 Å². The van der Waals surface area contributed by atoms with Crippen molar-refractivity contribution in [2.24, 2.45) is 4.99 Å². The second-order valence-electron chi connectivity index (χ2n) is 7.64. The summed E-state index contributed by atoms with van der Waals surface area (Å²) in [4.78, 5) is 7.24. The van der Waals surface area contributed by atoms with Gasteiger partial charge in [0.25, 0.3) is 0 Å². The zero-order chi connectivity index (χ0) is 18.2. The van der Waals surface area contributed by atoms with Crippen molar-refractivity contribution in [1.29, 1.82) is 0 Å². The molecule has 2 aromatic carbocycles. The number of hydrogen-bond donors (Lipinski definition) is 0. The Kier molecular flexibility index (Phi) is 5.06. The SMILES string of the molecule is CCN1c2cc(C)c(C=Nc3ccccc3Br)cc2C(C)CC1(C)C. The van der Waals surface area contributed by atoms with Gasteiger partial charge >= 0.3 is 0 Å². The lowest BCUT2D eigenvalue weighted by Crippen LogP contribution is -2.48. The summed E-state index contributed by atoms with van der Waals surface area (Å²) in [6.07, 6.45) is 3.18. The van der Waals surface area contributed by atoms with Crippen molar-refractivity contribution in [3.63, 3.8) is 0 Å². The fraction of sp³-hybridized carbons (Fsp3) is 0.409. The van der Waals surface area contributed by atoms with Gasteiger partial charge in [0.15, 0.2) is 0 Å². The van der Waals surface area contributed by atoms with Crippen LogP contribution in [0, 0.1) is 6.92 Å². The van der Waals surface area contributed by atoms with Crippen LogP contribution in [0.25, 0.3) is 0 Å². The number of anilines is 1. The lowest BCUT2D eigenvalue weighted by Gasteiger charge is -2.47. The van der Waals surface area contributed by atoms with Crippen molar-refractivity contribution >= 4 is 33.5 Å². The molecule has 3 heteroatoms. The van der Waals surface area contributed by atoms with Crippen LogP contribution in [0.4, 0.5) is 11.4 Å². The molecule has 1 atom stereocenters. The molecule has 132 valence electrons. The molecule has 0 radical (unpaired) electrons. The van der Waals surface area contributed by atoms with E-state index >= 15 is 0 Å². The van der Waals surface area contributed by atoms with Gasteiger partial charge in [0.05, 0.1) is 5.69 Å². The van der Waals surface area contributed by atoms with Gasteiger partial charge in [-0.15, -0.1) is 0 Å². The van der Waals surface area contributed by atoms with Crippen molar-refractivity contribution in [2.45, 2.75) is 52.5 Å². The lowest BCUT2D eigenvalue weighted by atomic mass is 9.79. The van der Waals surface area contributed by atoms with E-state index < -0.39 is 0 Å². The molecule has 0 saturated heterocycles. The third-order valence-electron chi connectivity index (χ3n) is 5.28. The normalized spacial score (nSPS) is 19.3. The van der Waals surface area contributed by atoms with Gasteiger partial charge < -0.3 is 4.90 Å². The second kappa shape index (κ2) is 6.95. The highest BCUT2D eigenvalue weighted by Gasteiger charge is 2.35. The third kappa shape index (κ3) is 3.52. The third-order valence-corrected chi connectivity index (χ3v) is 5.96. The van der Waals surface area contributed by atoms with Crippen molar-refractivity contribution < 1.29 is 0 Å². The number of hydrogen-bond acceptors (Lipinski definition) is 2. The Morgan fingerprint density at radius 3 is 2.68 bits per heavy atom. The first-order valence-electron chi connectivity index (χ1n) is 9.04. The molecule has 0 bridgehead atoms. The van der Waals surface area contributed by atoms with E-state index in [-0.39, 0.29) is 5.54 Å². The number of benzene rings is 2. The Balaban J connectivity index is 2.02. The largest absolute Gasteiger partial charge is 0.366 e. The van der Waals surface area contributed by atoms with Crippen molar-refractivity contribution in [2.75, 3.05) is 11.4 Å². The number of para-hydroxylation sites is 1. The maximum absolute atomic E-state index is 4.69. The average Bonchev–Trinajstić information content (AvgIpc) is 2.54. The van der Waals surface area contributed by atoms with Crippen LogP contribution < -0.4 is 4.90 Å². The highest BCUT2D eigenvalue weighted by molar-refractivity contribution is 9.10. The molecule has 3 rings (SSSR count). The summed E-state index contributed by atoms with van der Waals surface area (Å²) in [5.41, 5.74) is 6.49. The first-order valence-corrected chi connectivity index (χ1v) is 9.83. The van der Waals surface area contributed by atoms with Gasteiger partial charge in [-0.3, -0.25) is 4.99 Å². The quantitative estimate of drug-likeness (QED) is 0.530. The molecule has 1 aliphatic heterocycles. The second-order valence-corrected chi connectivity index (χ2v) is 8.49. The summed E-state index contributed by atoms with van der Waals surface area (Å²) in [7, 11) is 0. The van der Waals surface area contributed by atoms with E-state index in [1.54, 1.807) is 0 Å². The van der Waals surface area contributed by atoms with Gasteiger partial charge in [-0.2, -0.15) is 0 Å². The number of aliphatic imine (C=N–C) groups is 1. The van der Waals surface area contributed by atoms with Gasteiger partial charge in [-0.05, 0) is 96.9 Å². The summed E-state index contributed by atoms with van der Waals surface area (Å²) in [6, 6.07) is 12.8. The first-order chi connectivity index (χ1) is 11.8. The zero-order valence-electron chi connectivity index (χ0n) is 15.8. The van der Waals surface area contributed by atoms with Gasteiger partial charge in [0.2, 0.25) is 0 Å². The predicted molar refractivity (Wildman–Crippen MR) is 113 cm³/mol. The Morgan fingerprint density at radius 1 is 1.28 bits per heavy atom. The van der Waals surface area contributed by atoms with Crippen LogP contribution in [0.5, 0.6) is 0 Å². The zero-order valence-corrected chi connectivity index (χ0v) is 17.4. The fourth-order valence-electron chi connectivity index (χ4n) is 4.08. The highest BCUT2D eigenvalue weighted by atomic mass is 79.9. The molecule has 0 aromatic heterocycles. The molecular weight excluding hydrogens is 372 g/mol. The number of aryl methyl sites for hydroxylation is 1. The van der Waals surface area contributed by atoms with Crippen molar-refractivity contribution in [3.8, 4) is 0 Å². The summed E-state index contributed by atoms with van der Waals surface area (Å²) in [6.45, 7) is 12.5.